The topological polar surface area (TPSA) is 100 Å². The fourth-order valence-electron chi connectivity index (χ4n) is 2.30. The molecule has 0 saturated heterocycles. The predicted molar refractivity (Wildman–Crippen MR) is 104 cm³/mol. The fourth-order valence-corrected chi connectivity index (χ4v) is 3.30. The molecule has 1 amide bonds. The van der Waals surface area contributed by atoms with E-state index in [0.717, 1.165) is 13.0 Å². The maximum Gasteiger partial charge on any atom is 0.251 e. The van der Waals surface area contributed by atoms with Crippen molar-refractivity contribution < 1.29 is 17.6 Å². The van der Waals surface area contributed by atoms with Crippen LogP contribution in [-0.2, 0) is 16.6 Å². The van der Waals surface area contributed by atoms with Gasteiger partial charge in [0.2, 0.25) is 10.0 Å². The first kappa shape index (κ1) is 21.1. The van der Waals surface area contributed by atoms with E-state index in [1.165, 1.54) is 30.5 Å². The first-order chi connectivity index (χ1) is 12.7. The van der Waals surface area contributed by atoms with Gasteiger partial charge in [-0.25, -0.2) is 13.1 Å². The Bertz CT molecular complexity index is 823. The smallest absolute Gasteiger partial charge is 0.251 e. The largest absolute Gasteiger partial charge is 0.468 e. The van der Waals surface area contributed by atoms with E-state index in [0.29, 0.717) is 17.9 Å². The Morgan fingerprint density at radius 2 is 1.78 bits per heavy atom. The van der Waals surface area contributed by atoms with Crippen molar-refractivity contribution in [2.24, 2.45) is 0 Å². The van der Waals surface area contributed by atoms with Gasteiger partial charge in [-0.1, -0.05) is 0 Å². The number of carbonyl (C=O) groups excluding carboxylic acids is 1. The number of amides is 1. The standard InChI is InChI=1S/C19H27N3O4S/c1-19(2,3)21-12-5-11-20-18(23)15-7-9-17(10-8-15)27(24,25)22-14-16-6-4-13-26-16/h4,6-10,13,21-22H,5,11-12,14H2,1-3H3,(H,20,23). The van der Waals surface area contributed by atoms with Crippen molar-refractivity contribution in [2.75, 3.05) is 13.1 Å². The van der Waals surface area contributed by atoms with Crippen LogP contribution >= 0.6 is 0 Å². The molecule has 0 atom stereocenters. The molecule has 148 valence electrons. The Morgan fingerprint density at radius 1 is 1.07 bits per heavy atom. The molecule has 1 aromatic carbocycles. The summed E-state index contributed by atoms with van der Waals surface area (Å²) in [6.07, 6.45) is 2.29. The van der Waals surface area contributed by atoms with Crippen molar-refractivity contribution in [2.45, 2.75) is 44.2 Å². The number of rotatable bonds is 9. The molecule has 1 heterocycles. The summed E-state index contributed by atoms with van der Waals surface area (Å²) in [6.45, 7) is 7.69. The molecule has 0 radical (unpaired) electrons. The Morgan fingerprint density at radius 3 is 2.37 bits per heavy atom. The zero-order valence-corrected chi connectivity index (χ0v) is 16.7. The third-order valence-electron chi connectivity index (χ3n) is 3.74. The predicted octanol–water partition coefficient (Wildman–Crippen LogP) is 2.27. The molecule has 0 aliphatic rings. The molecule has 1 aromatic heterocycles. The summed E-state index contributed by atoms with van der Waals surface area (Å²) < 4.78 is 32.1. The highest BCUT2D eigenvalue weighted by Gasteiger charge is 2.15. The molecule has 2 rings (SSSR count). The normalized spacial score (nSPS) is 12.1. The third-order valence-corrected chi connectivity index (χ3v) is 5.15. The highest BCUT2D eigenvalue weighted by atomic mass is 32.2. The Kier molecular flexibility index (Phi) is 7.18. The van der Waals surface area contributed by atoms with Gasteiger partial charge in [-0.2, -0.15) is 0 Å². The summed E-state index contributed by atoms with van der Waals surface area (Å²) in [5, 5.41) is 6.18. The number of carbonyl (C=O) groups is 1. The van der Waals surface area contributed by atoms with Crippen molar-refractivity contribution in [1.29, 1.82) is 0 Å². The third kappa shape index (κ3) is 7.16. The average Bonchev–Trinajstić information content (AvgIpc) is 3.12. The number of hydrogen-bond acceptors (Lipinski definition) is 5. The van der Waals surface area contributed by atoms with Crippen LogP contribution in [-0.4, -0.2) is 33.0 Å². The van der Waals surface area contributed by atoms with Crippen molar-refractivity contribution in [3.05, 3.63) is 54.0 Å². The van der Waals surface area contributed by atoms with Crippen molar-refractivity contribution in [1.82, 2.24) is 15.4 Å². The molecular formula is C19H27N3O4S. The zero-order valence-electron chi connectivity index (χ0n) is 15.9. The van der Waals surface area contributed by atoms with E-state index in [2.05, 4.69) is 36.1 Å². The minimum absolute atomic E-state index is 0.0519. The zero-order chi connectivity index (χ0) is 19.9. The van der Waals surface area contributed by atoms with Crippen LogP contribution in [0.3, 0.4) is 0 Å². The maximum atomic E-state index is 12.3. The maximum absolute atomic E-state index is 12.3. The van der Waals surface area contributed by atoms with Crippen LogP contribution in [0.4, 0.5) is 0 Å². The molecule has 2 aromatic rings. The van der Waals surface area contributed by atoms with Gasteiger partial charge >= 0.3 is 0 Å². The summed E-state index contributed by atoms with van der Waals surface area (Å²) in [5.41, 5.74) is 0.472. The summed E-state index contributed by atoms with van der Waals surface area (Å²) in [6, 6.07) is 9.22. The fraction of sp³-hybridized carbons (Fsp3) is 0.421. The van der Waals surface area contributed by atoms with Crippen LogP contribution in [0.2, 0.25) is 0 Å². The van der Waals surface area contributed by atoms with E-state index in [-0.39, 0.29) is 22.9 Å². The monoisotopic (exact) mass is 393 g/mol. The summed E-state index contributed by atoms with van der Waals surface area (Å²) in [7, 11) is -3.67. The van der Waals surface area contributed by atoms with Gasteiger partial charge in [0.15, 0.2) is 0 Å². The molecule has 7 nitrogen and oxygen atoms in total. The molecular weight excluding hydrogens is 366 g/mol. The van der Waals surface area contributed by atoms with Gasteiger partial charge in [-0.15, -0.1) is 0 Å². The van der Waals surface area contributed by atoms with E-state index >= 15 is 0 Å². The second-order valence-corrected chi connectivity index (χ2v) is 8.98. The number of benzene rings is 1. The summed E-state index contributed by atoms with van der Waals surface area (Å²) >= 11 is 0. The van der Waals surface area contributed by atoms with E-state index in [1.54, 1.807) is 12.1 Å². The van der Waals surface area contributed by atoms with Crippen LogP contribution in [0.1, 0.15) is 43.3 Å². The molecule has 0 fully saturated rings. The molecule has 0 aliphatic heterocycles. The van der Waals surface area contributed by atoms with E-state index in [1.807, 2.05) is 0 Å². The Hall–Kier alpha value is -2.16. The lowest BCUT2D eigenvalue weighted by Crippen LogP contribution is -2.37. The lowest BCUT2D eigenvalue weighted by Gasteiger charge is -2.20. The van der Waals surface area contributed by atoms with Gasteiger partial charge in [0.1, 0.15) is 5.76 Å². The highest BCUT2D eigenvalue weighted by molar-refractivity contribution is 7.89. The molecule has 0 bridgehead atoms. The SMILES string of the molecule is CC(C)(C)NCCCNC(=O)c1ccc(S(=O)(=O)NCc2ccco2)cc1. The quantitative estimate of drug-likeness (QED) is 0.568. The van der Waals surface area contributed by atoms with Crippen molar-refractivity contribution in [3.8, 4) is 0 Å². The molecule has 0 saturated carbocycles. The first-order valence-electron chi connectivity index (χ1n) is 8.83. The number of hydrogen-bond donors (Lipinski definition) is 3. The second kappa shape index (κ2) is 9.16. The van der Waals surface area contributed by atoms with Gasteiger partial charge in [0.05, 0.1) is 17.7 Å². The van der Waals surface area contributed by atoms with E-state index in [4.69, 9.17) is 4.42 Å². The van der Waals surface area contributed by atoms with Crippen LogP contribution in [0.25, 0.3) is 0 Å². The van der Waals surface area contributed by atoms with Gasteiger partial charge in [0, 0.05) is 17.6 Å². The average molecular weight is 394 g/mol. The Balaban J connectivity index is 1.83. The number of sulfonamides is 1. The molecule has 27 heavy (non-hydrogen) atoms. The van der Waals surface area contributed by atoms with Gasteiger partial charge in [-0.3, -0.25) is 4.79 Å². The van der Waals surface area contributed by atoms with E-state index in [9.17, 15) is 13.2 Å². The lowest BCUT2D eigenvalue weighted by molar-refractivity contribution is 0.0953. The van der Waals surface area contributed by atoms with Crippen LogP contribution in [0.5, 0.6) is 0 Å². The molecule has 0 aliphatic carbocycles. The van der Waals surface area contributed by atoms with Crippen LogP contribution in [0.15, 0.2) is 52.0 Å². The van der Waals surface area contributed by atoms with Crippen LogP contribution < -0.4 is 15.4 Å². The van der Waals surface area contributed by atoms with Gasteiger partial charge in [-0.05, 0) is 70.1 Å². The summed E-state index contributed by atoms with van der Waals surface area (Å²) in [4.78, 5) is 12.2. The molecule has 0 unspecified atom stereocenters. The minimum Gasteiger partial charge on any atom is -0.468 e. The Labute approximate surface area is 160 Å². The van der Waals surface area contributed by atoms with Gasteiger partial charge in [0.25, 0.3) is 5.91 Å². The molecule has 3 N–H and O–H groups in total. The number of furan rings is 1. The first-order valence-corrected chi connectivity index (χ1v) is 10.3. The highest BCUT2D eigenvalue weighted by Crippen LogP contribution is 2.12. The van der Waals surface area contributed by atoms with Crippen LogP contribution in [0, 0.1) is 0 Å². The molecule has 8 heteroatoms. The second-order valence-electron chi connectivity index (χ2n) is 7.21. The lowest BCUT2D eigenvalue weighted by atomic mass is 10.1. The summed E-state index contributed by atoms with van der Waals surface area (Å²) in [5.74, 6) is 0.300. The van der Waals surface area contributed by atoms with Gasteiger partial charge < -0.3 is 15.1 Å². The minimum atomic E-state index is -3.67. The van der Waals surface area contributed by atoms with E-state index < -0.39 is 10.0 Å². The van der Waals surface area contributed by atoms with Crippen molar-refractivity contribution >= 4 is 15.9 Å². The number of nitrogens with one attached hydrogen (secondary N) is 3. The molecule has 0 spiro atoms. The van der Waals surface area contributed by atoms with Crippen molar-refractivity contribution in [3.63, 3.8) is 0 Å².